The Morgan fingerprint density at radius 2 is 1.90 bits per heavy atom. The summed E-state index contributed by atoms with van der Waals surface area (Å²) in [5, 5.41) is 0. The van der Waals surface area contributed by atoms with Crippen LogP contribution in [0.5, 0.6) is 0 Å². The van der Waals surface area contributed by atoms with Crippen LogP contribution in [0.1, 0.15) is 47.0 Å². The van der Waals surface area contributed by atoms with Crippen molar-refractivity contribution in [3.05, 3.63) is 0 Å². The fourth-order valence-electron chi connectivity index (χ4n) is 5.33. The van der Waals surface area contributed by atoms with Crippen LogP contribution in [0.15, 0.2) is 0 Å². The van der Waals surface area contributed by atoms with E-state index >= 15 is 0 Å². The van der Waals surface area contributed by atoms with E-state index < -0.39 is 11.7 Å². The lowest BCUT2D eigenvalue weighted by atomic mass is 9.46. The molecule has 112 valence electrons. The maximum Gasteiger partial charge on any atom is 0.312 e. The smallest absolute Gasteiger partial charge is 0.312 e. The Labute approximate surface area is 120 Å². The van der Waals surface area contributed by atoms with Crippen molar-refractivity contribution in [2.24, 2.45) is 22.7 Å². The van der Waals surface area contributed by atoms with Crippen molar-refractivity contribution in [3.8, 4) is 0 Å². The molecule has 0 radical (unpaired) electrons. The summed E-state index contributed by atoms with van der Waals surface area (Å²) >= 11 is 0. The van der Waals surface area contributed by atoms with Gasteiger partial charge in [0.25, 0.3) is 0 Å². The number of rotatable bonds is 1. The van der Waals surface area contributed by atoms with Gasteiger partial charge in [0, 0.05) is 5.92 Å². The number of Topliss-reactive ketones (excluding diaryl/α,β-unsaturated/α-hetero) is 1. The van der Waals surface area contributed by atoms with E-state index in [1.165, 1.54) is 7.11 Å². The van der Waals surface area contributed by atoms with E-state index in [1.807, 2.05) is 6.92 Å². The number of hydrogen-bond donors (Lipinski definition) is 0. The first-order valence-electron chi connectivity index (χ1n) is 7.48. The summed E-state index contributed by atoms with van der Waals surface area (Å²) in [5.74, 6) is -0.492. The Morgan fingerprint density at radius 1 is 1.25 bits per heavy atom. The number of hydrogen-bond acceptors (Lipinski definition) is 4. The average molecular weight is 280 g/mol. The summed E-state index contributed by atoms with van der Waals surface area (Å²) in [6, 6.07) is 0. The molecule has 2 saturated carbocycles. The maximum atomic E-state index is 12.8. The summed E-state index contributed by atoms with van der Waals surface area (Å²) in [6.07, 6.45) is 2.54. The standard InChI is InChI=1S/C16H24O4/c1-14(2)7-6-8-15(3)10(14)9(17)12-16(4,20-12)11(15)13(18)19-5/h10-12H,6-8H2,1-5H3/t10?,11-,12?,15+,16-/m1/s1. The van der Waals surface area contributed by atoms with Crippen LogP contribution in [0.4, 0.5) is 0 Å². The normalized spacial score (nSPS) is 49.0. The molecule has 3 aliphatic rings. The number of fused-ring (bicyclic) bond motifs is 2. The van der Waals surface area contributed by atoms with Crippen molar-refractivity contribution in [1.29, 1.82) is 0 Å². The molecule has 0 spiro atoms. The second-order valence-electron chi connectivity index (χ2n) is 7.82. The number of ketones is 1. The second-order valence-corrected chi connectivity index (χ2v) is 7.82. The molecule has 3 fully saturated rings. The molecule has 0 aromatic rings. The number of carbonyl (C=O) groups is 2. The van der Waals surface area contributed by atoms with E-state index in [1.54, 1.807) is 0 Å². The topological polar surface area (TPSA) is 55.9 Å². The first-order chi connectivity index (χ1) is 9.18. The highest BCUT2D eigenvalue weighted by molar-refractivity contribution is 5.95. The van der Waals surface area contributed by atoms with Gasteiger partial charge in [0.2, 0.25) is 0 Å². The highest BCUT2D eigenvalue weighted by atomic mass is 16.6. The molecule has 20 heavy (non-hydrogen) atoms. The van der Waals surface area contributed by atoms with Gasteiger partial charge in [-0.1, -0.05) is 27.2 Å². The number of carbonyl (C=O) groups excluding carboxylic acids is 2. The molecule has 1 heterocycles. The highest BCUT2D eigenvalue weighted by Crippen LogP contribution is 2.66. The lowest BCUT2D eigenvalue weighted by Gasteiger charge is -2.55. The summed E-state index contributed by atoms with van der Waals surface area (Å²) in [6.45, 7) is 8.26. The Bertz CT molecular complexity index is 483. The number of esters is 1. The van der Waals surface area contributed by atoms with Crippen LogP contribution in [0.3, 0.4) is 0 Å². The van der Waals surface area contributed by atoms with Gasteiger partial charge in [-0.05, 0) is 30.6 Å². The minimum absolute atomic E-state index is 0.0797. The lowest BCUT2D eigenvalue weighted by Crippen LogP contribution is -2.61. The molecule has 3 rings (SSSR count). The number of methoxy groups -OCH3 is 1. The van der Waals surface area contributed by atoms with Gasteiger partial charge in [-0.3, -0.25) is 9.59 Å². The Balaban J connectivity index is 2.11. The molecule has 1 saturated heterocycles. The van der Waals surface area contributed by atoms with Crippen LogP contribution >= 0.6 is 0 Å². The Kier molecular flexibility index (Phi) is 2.70. The van der Waals surface area contributed by atoms with Crippen molar-refractivity contribution in [1.82, 2.24) is 0 Å². The summed E-state index contributed by atoms with van der Waals surface area (Å²) in [5.41, 5.74) is -1.08. The molecule has 4 nitrogen and oxygen atoms in total. The largest absolute Gasteiger partial charge is 0.469 e. The van der Waals surface area contributed by atoms with Gasteiger partial charge in [0.15, 0.2) is 5.78 Å². The third-order valence-electron chi connectivity index (χ3n) is 6.03. The Morgan fingerprint density at radius 3 is 2.50 bits per heavy atom. The molecular weight excluding hydrogens is 256 g/mol. The second kappa shape index (κ2) is 3.85. The number of ether oxygens (including phenoxy) is 2. The van der Waals surface area contributed by atoms with E-state index in [-0.39, 0.29) is 34.4 Å². The van der Waals surface area contributed by atoms with Gasteiger partial charge >= 0.3 is 5.97 Å². The quantitative estimate of drug-likeness (QED) is 0.546. The predicted molar refractivity (Wildman–Crippen MR) is 73.0 cm³/mol. The van der Waals surface area contributed by atoms with Gasteiger partial charge in [-0.2, -0.15) is 0 Å². The minimum atomic E-state index is -0.650. The lowest BCUT2D eigenvalue weighted by molar-refractivity contribution is -0.167. The molecule has 0 aromatic carbocycles. The van der Waals surface area contributed by atoms with Crippen molar-refractivity contribution in [2.75, 3.05) is 7.11 Å². The van der Waals surface area contributed by atoms with Crippen LogP contribution in [0, 0.1) is 22.7 Å². The highest BCUT2D eigenvalue weighted by Gasteiger charge is 2.76. The molecule has 1 aliphatic heterocycles. The third kappa shape index (κ3) is 1.51. The first kappa shape index (κ1) is 14.1. The van der Waals surface area contributed by atoms with E-state index in [9.17, 15) is 9.59 Å². The summed E-state index contributed by atoms with van der Waals surface area (Å²) in [7, 11) is 1.42. The molecule has 5 atom stereocenters. The molecular formula is C16H24O4. The predicted octanol–water partition coefficient (Wildman–Crippen LogP) is 2.35. The van der Waals surface area contributed by atoms with Crippen LogP contribution in [0.2, 0.25) is 0 Å². The molecule has 2 unspecified atom stereocenters. The SMILES string of the molecule is COC(=O)[C@@H]1[C@@]2(C)CCCC(C)(C)C2C(=O)C2O[C@@]21C. The molecule has 2 aliphatic carbocycles. The molecule has 4 heteroatoms. The van der Waals surface area contributed by atoms with Crippen molar-refractivity contribution >= 4 is 11.8 Å². The van der Waals surface area contributed by atoms with Gasteiger partial charge < -0.3 is 9.47 Å². The van der Waals surface area contributed by atoms with Crippen LogP contribution in [-0.4, -0.2) is 30.6 Å². The average Bonchev–Trinajstić information content (AvgIpc) is 3.00. The fraction of sp³-hybridized carbons (Fsp3) is 0.875. The van der Waals surface area contributed by atoms with Crippen molar-refractivity contribution in [2.45, 2.75) is 58.7 Å². The van der Waals surface area contributed by atoms with Crippen LogP contribution < -0.4 is 0 Å². The van der Waals surface area contributed by atoms with E-state index in [0.29, 0.717) is 0 Å². The first-order valence-corrected chi connectivity index (χ1v) is 7.48. The molecule has 0 N–H and O–H groups in total. The zero-order valence-corrected chi connectivity index (χ0v) is 13.0. The van der Waals surface area contributed by atoms with E-state index in [4.69, 9.17) is 9.47 Å². The van der Waals surface area contributed by atoms with Crippen LogP contribution in [-0.2, 0) is 19.1 Å². The van der Waals surface area contributed by atoms with Crippen LogP contribution in [0.25, 0.3) is 0 Å². The number of epoxide rings is 1. The maximum absolute atomic E-state index is 12.8. The van der Waals surface area contributed by atoms with E-state index in [2.05, 4.69) is 20.8 Å². The zero-order valence-electron chi connectivity index (χ0n) is 13.0. The molecule has 0 aromatic heterocycles. The zero-order chi connectivity index (χ0) is 14.9. The van der Waals surface area contributed by atoms with Gasteiger partial charge in [0.05, 0.1) is 13.0 Å². The fourth-order valence-corrected chi connectivity index (χ4v) is 5.33. The van der Waals surface area contributed by atoms with Crippen molar-refractivity contribution < 1.29 is 19.1 Å². The van der Waals surface area contributed by atoms with Gasteiger partial charge in [-0.25, -0.2) is 0 Å². The monoisotopic (exact) mass is 280 g/mol. The third-order valence-corrected chi connectivity index (χ3v) is 6.03. The van der Waals surface area contributed by atoms with Gasteiger partial charge in [-0.15, -0.1) is 0 Å². The van der Waals surface area contributed by atoms with Gasteiger partial charge in [0.1, 0.15) is 11.7 Å². The Hall–Kier alpha value is -0.900. The summed E-state index contributed by atoms with van der Waals surface area (Å²) in [4.78, 5) is 25.2. The summed E-state index contributed by atoms with van der Waals surface area (Å²) < 4.78 is 10.8. The van der Waals surface area contributed by atoms with Crippen molar-refractivity contribution in [3.63, 3.8) is 0 Å². The van der Waals surface area contributed by atoms with E-state index in [0.717, 1.165) is 19.3 Å². The molecule has 0 amide bonds. The minimum Gasteiger partial charge on any atom is -0.469 e. The molecule has 0 bridgehead atoms.